The van der Waals surface area contributed by atoms with Crippen LogP contribution in [0.3, 0.4) is 0 Å². The molecule has 7 aromatic carbocycles. The van der Waals surface area contributed by atoms with E-state index in [-0.39, 0.29) is 34.1 Å². The van der Waals surface area contributed by atoms with Gasteiger partial charge < -0.3 is 8.98 Å². The van der Waals surface area contributed by atoms with Crippen molar-refractivity contribution in [3.63, 3.8) is 0 Å². The number of benzene rings is 7. The Balaban J connectivity index is 1.19. The molecule has 10 aromatic rings. The Hall–Kier alpha value is -6.85. The molecular formula is C45H28N4O. The van der Waals surface area contributed by atoms with Crippen molar-refractivity contribution in [2.75, 3.05) is 0 Å². The van der Waals surface area contributed by atoms with Crippen LogP contribution in [0.25, 0.3) is 94.7 Å². The van der Waals surface area contributed by atoms with Crippen LogP contribution in [0.1, 0.15) is 12.3 Å². The lowest BCUT2D eigenvalue weighted by molar-refractivity contribution is 0.669. The Bertz CT molecular complexity index is 3350. The predicted octanol–water partition coefficient (Wildman–Crippen LogP) is 11.5. The third kappa shape index (κ3) is 4.60. The van der Waals surface area contributed by atoms with E-state index in [9.17, 15) is 0 Å². The maximum atomic E-state index is 9.07. The van der Waals surface area contributed by atoms with Crippen molar-refractivity contribution in [3.8, 4) is 51.0 Å². The van der Waals surface area contributed by atoms with Crippen molar-refractivity contribution in [1.82, 2.24) is 19.5 Å². The summed E-state index contributed by atoms with van der Waals surface area (Å²) in [5.41, 5.74) is 4.87. The van der Waals surface area contributed by atoms with Crippen LogP contribution >= 0.6 is 0 Å². The molecule has 3 aromatic heterocycles. The summed E-state index contributed by atoms with van der Waals surface area (Å²) >= 11 is 0. The van der Waals surface area contributed by atoms with Gasteiger partial charge in [0.25, 0.3) is 0 Å². The van der Waals surface area contributed by atoms with Gasteiger partial charge in [0.2, 0.25) is 0 Å². The number of aromatic nitrogens is 4. The maximum absolute atomic E-state index is 9.07. The summed E-state index contributed by atoms with van der Waals surface area (Å²) in [6.07, 6.45) is 0. The normalized spacial score (nSPS) is 14.1. The fourth-order valence-electron chi connectivity index (χ4n) is 6.59. The molecule has 0 aliphatic rings. The zero-order chi connectivity index (χ0) is 40.9. The van der Waals surface area contributed by atoms with E-state index in [1.165, 1.54) is 0 Å². The fraction of sp³-hybridized carbons (Fsp3) is 0. The second-order valence-electron chi connectivity index (χ2n) is 11.8. The van der Waals surface area contributed by atoms with Crippen LogP contribution in [0.5, 0.6) is 0 Å². The lowest BCUT2D eigenvalue weighted by atomic mass is 10.0. The first-order valence-corrected chi connectivity index (χ1v) is 16.0. The fourth-order valence-corrected chi connectivity index (χ4v) is 6.59. The zero-order valence-electron chi connectivity index (χ0n) is 35.2. The van der Waals surface area contributed by atoms with Gasteiger partial charge in [-0.25, -0.2) is 15.0 Å². The van der Waals surface area contributed by atoms with Crippen molar-refractivity contribution in [1.29, 1.82) is 0 Å². The highest BCUT2D eigenvalue weighted by atomic mass is 16.3. The number of rotatable bonds is 5. The first-order valence-electron chi connectivity index (χ1n) is 20.5. The monoisotopic (exact) mass is 649 g/mol. The first kappa shape index (κ1) is 20.5. The minimum Gasteiger partial charge on any atom is -0.456 e. The minimum absolute atomic E-state index is 0.0514. The summed E-state index contributed by atoms with van der Waals surface area (Å²) in [4.78, 5) is 14.7. The maximum Gasteiger partial charge on any atom is 0.164 e. The Morgan fingerprint density at radius 1 is 0.460 bits per heavy atom. The van der Waals surface area contributed by atoms with Crippen LogP contribution in [0, 0.1) is 0 Å². The molecule has 0 saturated heterocycles. The first-order chi connectivity index (χ1) is 28.5. The highest BCUT2D eigenvalue weighted by molar-refractivity contribution is 6.13. The largest absolute Gasteiger partial charge is 0.456 e. The summed E-state index contributed by atoms with van der Waals surface area (Å²) in [7, 11) is 0. The summed E-state index contributed by atoms with van der Waals surface area (Å²) in [5.74, 6) is 1.28. The molecule has 0 aliphatic heterocycles. The molecule has 0 N–H and O–H groups in total. The van der Waals surface area contributed by atoms with Gasteiger partial charge in [-0.3, -0.25) is 0 Å². The Morgan fingerprint density at radius 2 is 1.10 bits per heavy atom. The lowest BCUT2D eigenvalue weighted by Gasteiger charge is -2.13. The molecule has 0 spiro atoms. The third-order valence-electron chi connectivity index (χ3n) is 8.88. The molecule has 0 radical (unpaired) electrons. The number of nitrogens with zero attached hydrogens (tertiary/aromatic N) is 4. The van der Waals surface area contributed by atoms with Crippen LogP contribution < -0.4 is 0 Å². The van der Waals surface area contributed by atoms with Gasteiger partial charge in [-0.1, -0.05) is 121 Å². The third-order valence-corrected chi connectivity index (χ3v) is 8.88. The zero-order valence-corrected chi connectivity index (χ0v) is 26.2. The topological polar surface area (TPSA) is 56.7 Å². The van der Waals surface area contributed by atoms with Crippen molar-refractivity contribution in [3.05, 3.63) is 170 Å². The summed E-state index contributed by atoms with van der Waals surface area (Å²) in [5, 5.41) is 2.65. The van der Waals surface area contributed by atoms with Crippen molar-refractivity contribution in [2.24, 2.45) is 0 Å². The van der Waals surface area contributed by atoms with Gasteiger partial charge in [-0.15, -0.1) is 0 Å². The van der Waals surface area contributed by atoms with Gasteiger partial charge in [0.05, 0.1) is 23.4 Å². The summed E-state index contributed by atoms with van der Waals surface area (Å²) < 4.78 is 85.6. The predicted molar refractivity (Wildman–Crippen MR) is 203 cm³/mol. The van der Waals surface area contributed by atoms with Gasteiger partial charge in [0, 0.05) is 49.5 Å². The highest BCUT2D eigenvalue weighted by Gasteiger charge is 2.18. The van der Waals surface area contributed by atoms with E-state index >= 15 is 0 Å². The molecule has 3 heterocycles. The molecule has 0 amide bonds. The van der Waals surface area contributed by atoms with E-state index in [4.69, 9.17) is 31.7 Å². The van der Waals surface area contributed by atoms with Gasteiger partial charge in [-0.2, -0.15) is 0 Å². The Kier molecular flexibility index (Phi) is 4.67. The van der Waals surface area contributed by atoms with E-state index in [0.29, 0.717) is 45.2 Å². The van der Waals surface area contributed by atoms with Crippen LogP contribution in [0.4, 0.5) is 0 Å². The summed E-state index contributed by atoms with van der Waals surface area (Å²) in [6, 6.07) is 31.7. The second kappa shape index (κ2) is 11.4. The Labute approximate surface area is 300 Å². The molecule has 234 valence electrons. The molecular weight excluding hydrogens is 613 g/mol. The van der Waals surface area contributed by atoms with E-state index in [2.05, 4.69) is 0 Å². The van der Waals surface area contributed by atoms with E-state index < -0.39 is 42.3 Å². The van der Waals surface area contributed by atoms with Crippen molar-refractivity contribution < 1.29 is 16.8 Å². The molecule has 0 saturated carbocycles. The molecule has 0 fully saturated rings. The standard InChI is InChI=1S/C45H28N4O/c1-3-12-29(13-4-1)34-18-11-19-38-35-16-7-9-20-39(35)49(42(34)38)33-25-22-31(23-26-33)44-46-43(30-14-5-2-6-15-30)47-45(48-44)32-24-27-37-36-17-8-10-21-40(36)50-41(37)28-32/h1-28H/i1D,3D,4D,7D,9D,12D,13D,16D,20D. The second-order valence-corrected chi connectivity index (χ2v) is 11.8. The molecule has 10 rings (SSSR count). The van der Waals surface area contributed by atoms with Crippen molar-refractivity contribution >= 4 is 43.7 Å². The van der Waals surface area contributed by atoms with Gasteiger partial charge >= 0.3 is 0 Å². The average Bonchev–Trinajstić information content (AvgIpc) is 3.83. The number of para-hydroxylation sites is 3. The molecule has 0 atom stereocenters. The SMILES string of the molecule is [2H]c1c([2H])c([2H])c(-c2cccc3c4c([2H])c([2H])c([2H])c([2H])c4n(-c4ccc(-c5nc(-c6ccccc6)nc(-c6ccc7c(c6)oc6ccccc67)n5)cc4)c23)c([2H])c1[2H]. The van der Waals surface area contributed by atoms with Gasteiger partial charge in [0.15, 0.2) is 17.5 Å². The molecule has 0 aliphatic carbocycles. The smallest absolute Gasteiger partial charge is 0.164 e. The molecule has 5 heteroatoms. The number of furan rings is 1. The quantitative estimate of drug-likeness (QED) is 0.186. The molecule has 5 nitrogen and oxygen atoms in total. The van der Waals surface area contributed by atoms with Crippen LogP contribution in [-0.4, -0.2) is 19.5 Å². The van der Waals surface area contributed by atoms with Gasteiger partial charge in [-0.05, 0) is 54.1 Å². The highest BCUT2D eigenvalue weighted by Crippen LogP contribution is 2.38. The van der Waals surface area contributed by atoms with E-state index in [0.717, 1.165) is 27.5 Å². The lowest BCUT2D eigenvalue weighted by Crippen LogP contribution is -2.00. The number of hydrogen-bond acceptors (Lipinski definition) is 4. The molecule has 0 bridgehead atoms. The number of fused-ring (bicyclic) bond motifs is 6. The van der Waals surface area contributed by atoms with Crippen LogP contribution in [-0.2, 0) is 0 Å². The Morgan fingerprint density at radius 3 is 1.92 bits per heavy atom. The van der Waals surface area contributed by atoms with E-state index in [1.54, 1.807) is 34.9 Å². The molecule has 0 unspecified atom stereocenters. The van der Waals surface area contributed by atoms with Crippen molar-refractivity contribution in [2.45, 2.75) is 0 Å². The van der Waals surface area contributed by atoms with E-state index in [1.807, 2.05) is 84.9 Å². The number of hydrogen-bond donors (Lipinski definition) is 0. The minimum atomic E-state index is -0.529. The summed E-state index contributed by atoms with van der Waals surface area (Å²) in [6.45, 7) is 0. The molecule has 50 heavy (non-hydrogen) atoms. The average molecular weight is 650 g/mol. The van der Waals surface area contributed by atoms with Crippen LogP contribution in [0.15, 0.2) is 174 Å². The van der Waals surface area contributed by atoms with Crippen LogP contribution in [0.2, 0.25) is 0 Å². The van der Waals surface area contributed by atoms with Gasteiger partial charge in [0.1, 0.15) is 11.2 Å².